The number of nitrogens with two attached hydrogens (primary N) is 1. The Kier molecular flexibility index (Phi) is 5.45. The molecule has 3 aromatic rings. The maximum atomic E-state index is 11.7. The summed E-state index contributed by atoms with van der Waals surface area (Å²) in [7, 11) is 1.46. The number of nitrogen functional groups attached to an aromatic ring is 1. The van der Waals surface area contributed by atoms with Gasteiger partial charge in [0.25, 0.3) is 0 Å². The summed E-state index contributed by atoms with van der Waals surface area (Å²) in [5.74, 6) is 0.484. The number of hydrogen-bond acceptors (Lipinski definition) is 11. The number of ether oxygens (including phenoxy) is 2. The highest BCUT2D eigenvalue weighted by Crippen LogP contribution is 2.33. The molecule has 31 heavy (non-hydrogen) atoms. The van der Waals surface area contributed by atoms with Crippen LogP contribution >= 0.6 is 0 Å². The maximum Gasteiger partial charge on any atom is 0.231 e. The maximum absolute atomic E-state index is 11.7. The predicted molar refractivity (Wildman–Crippen MR) is 109 cm³/mol. The van der Waals surface area contributed by atoms with Crippen LogP contribution in [-0.2, 0) is 4.74 Å². The molecule has 1 saturated heterocycles. The molecule has 12 heteroatoms. The highest BCUT2D eigenvalue weighted by molar-refractivity contribution is 5.97. The summed E-state index contributed by atoms with van der Waals surface area (Å²) in [4.78, 5) is 24.5. The zero-order chi connectivity index (χ0) is 22.3. The van der Waals surface area contributed by atoms with Crippen molar-refractivity contribution in [1.29, 1.82) is 0 Å². The third-order valence-corrected chi connectivity index (χ3v) is 5.08. The van der Waals surface area contributed by atoms with E-state index in [-0.39, 0.29) is 28.7 Å². The van der Waals surface area contributed by atoms with Gasteiger partial charge in [0.1, 0.15) is 29.6 Å². The summed E-state index contributed by atoms with van der Waals surface area (Å²) in [5.41, 5.74) is 7.57. The number of anilines is 3. The standard InChI is InChI=1S/C19H22N6O6/c1-8(27)10-4-3-9(5-11(10)30-2)22-19-23-16(20)13-17(24-19)25(7-21-13)18-15(29)14(28)12(6-26)31-18/h3-5,7,12,14-15,18,26,28-29H,6H2,1-2H3,(H3,20,22,23,24)/t12-,14?,15?,18-/m1/s1. The number of rotatable bonds is 6. The molecule has 0 amide bonds. The third kappa shape index (κ3) is 3.65. The number of methoxy groups -OCH3 is 1. The molecule has 1 aliphatic rings. The fourth-order valence-electron chi connectivity index (χ4n) is 3.48. The first-order chi connectivity index (χ1) is 14.8. The van der Waals surface area contributed by atoms with Gasteiger partial charge in [-0.15, -0.1) is 0 Å². The third-order valence-electron chi connectivity index (χ3n) is 5.08. The van der Waals surface area contributed by atoms with Gasteiger partial charge in [0.05, 0.1) is 25.6 Å². The Morgan fingerprint density at radius 1 is 1.32 bits per heavy atom. The van der Waals surface area contributed by atoms with E-state index in [1.165, 1.54) is 24.9 Å². The Labute approximate surface area is 176 Å². The SMILES string of the molecule is COc1cc(Nc2nc(N)c3ncn([C@@H]4O[C@H](CO)C(O)C4O)c3n2)ccc1C(C)=O. The van der Waals surface area contributed by atoms with E-state index in [9.17, 15) is 20.1 Å². The predicted octanol–water partition coefficient (Wildman–Crippen LogP) is -0.0252. The minimum Gasteiger partial charge on any atom is -0.496 e. The smallest absolute Gasteiger partial charge is 0.231 e. The Hall–Kier alpha value is -3.32. The van der Waals surface area contributed by atoms with E-state index in [0.717, 1.165) is 0 Å². The van der Waals surface area contributed by atoms with Crippen molar-refractivity contribution in [3.05, 3.63) is 30.1 Å². The molecule has 1 aliphatic heterocycles. The number of imidazole rings is 1. The molecular formula is C19H22N6O6. The van der Waals surface area contributed by atoms with E-state index < -0.39 is 31.1 Å². The van der Waals surface area contributed by atoms with Gasteiger partial charge in [-0.05, 0) is 19.1 Å². The summed E-state index contributed by atoms with van der Waals surface area (Å²) in [5, 5.41) is 32.7. The number of hydrogen-bond donors (Lipinski definition) is 5. The zero-order valence-electron chi connectivity index (χ0n) is 16.8. The summed E-state index contributed by atoms with van der Waals surface area (Å²) in [6, 6.07) is 4.92. The summed E-state index contributed by atoms with van der Waals surface area (Å²) in [6.07, 6.45) is -3.16. The largest absolute Gasteiger partial charge is 0.496 e. The summed E-state index contributed by atoms with van der Waals surface area (Å²) < 4.78 is 12.2. The van der Waals surface area contributed by atoms with Crippen molar-refractivity contribution in [3.63, 3.8) is 0 Å². The van der Waals surface area contributed by atoms with Gasteiger partial charge in [-0.1, -0.05) is 0 Å². The van der Waals surface area contributed by atoms with Gasteiger partial charge < -0.3 is 35.8 Å². The number of carbonyl (C=O) groups excluding carboxylic acids is 1. The van der Waals surface area contributed by atoms with Gasteiger partial charge >= 0.3 is 0 Å². The second kappa shape index (κ2) is 8.07. The van der Waals surface area contributed by atoms with Gasteiger partial charge in [0.2, 0.25) is 5.95 Å². The monoisotopic (exact) mass is 430 g/mol. The first kappa shape index (κ1) is 20.9. The molecule has 0 spiro atoms. The van der Waals surface area contributed by atoms with E-state index in [0.29, 0.717) is 17.0 Å². The molecule has 1 aromatic carbocycles. The van der Waals surface area contributed by atoms with Crippen LogP contribution in [0.4, 0.5) is 17.5 Å². The van der Waals surface area contributed by atoms with Gasteiger partial charge in [0, 0.05) is 11.8 Å². The lowest BCUT2D eigenvalue weighted by atomic mass is 10.1. The van der Waals surface area contributed by atoms with Gasteiger partial charge in [-0.2, -0.15) is 9.97 Å². The molecule has 0 radical (unpaired) electrons. The highest BCUT2D eigenvalue weighted by Gasteiger charge is 2.44. The topological polar surface area (TPSA) is 178 Å². The van der Waals surface area contributed by atoms with Crippen molar-refractivity contribution in [1.82, 2.24) is 19.5 Å². The van der Waals surface area contributed by atoms with Crippen LogP contribution in [0.15, 0.2) is 24.5 Å². The average Bonchev–Trinajstić information content (AvgIpc) is 3.29. The van der Waals surface area contributed by atoms with E-state index in [4.69, 9.17) is 15.2 Å². The van der Waals surface area contributed by atoms with Gasteiger partial charge in [-0.3, -0.25) is 9.36 Å². The number of ketones is 1. The molecule has 4 atom stereocenters. The fraction of sp³-hybridized carbons (Fsp3) is 0.368. The van der Waals surface area contributed by atoms with E-state index in [2.05, 4.69) is 20.3 Å². The number of aromatic nitrogens is 4. The summed E-state index contributed by atoms with van der Waals surface area (Å²) in [6.45, 7) is 0.991. The first-order valence-corrected chi connectivity index (χ1v) is 9.42. The van der Waals surface area contributed by atoms with Crippen LogP contribution in [0.25, 0.3) is 11.2 Å². The number of nitrogens with one attached hydrogen (secondary N) is 1. The summed E-state index contributed by atoms with van der Waals surface area (Å²) >= 11 is 0. The normalized spacial score (nSPS) is 23.3. The molecule has 0 saturated carbocycles. The van der Waals surface area contributed by atoms with Crippen molar-refractivity contribution < 1.29 is 29.6 Å². The van der Waals surface area contributed by atoms with Crippen LogP contribution in [0.2, 0.25) is 0 Å². The molecule has 4 rings (SSSR count). The quantitative estimate of drug-likeness (QED) is 0.332. The number of benzene rings is 1. The molecule has 3 heterocycles. The number of Topliss-reactive ketones (excluding diaryl/α,β-unsaturated/α-hetero) is 1. The lowest BCUT2D eigenvalue weighted by Gasteiger charge is -2.17. The van der Waals surface area contributed by atoms with Crippen molar-refractivity contribution in [2.75, 3.05) is 24.8 Å². The minimum absolute atomic E-state index is 0.0883. The number of carbonyl (C=O) groups is 1. The lowest BCUT2D eigenvalue weighted by Crippen LogP contribution is -2.33. The molecule has 12 nitrogen and oxygen atoms in total. The Morgan fingerprint density at radius 2 is 2.10 bits per heavy atom. The van der Waals surface area contributed by atoms with Crippen molar-refractivity contribution in [2.45, 2.75) is 31.5 Å². The first-order valence-electron chi connectivity index (χ1n) is 9.42. The van der Waals surface area contributed by atoms with E-state index in [1.807, 2.05) is 0 Å². The Morgan fingerprint density at radius 3 is 2.74 bits per heavy atom. The van der Waals surface area contributed by atoms with Crippen LogP contribution in [-0.4, -0.2) is 72.7 Å². The van der Waals surface area contributed by atoms with Crippen LogP contribution in [0, 0.1) is 0 Å². The second-order valence-electron chi connectivity index (χ2n) is 7.08. The molecule has 1 fully saturated rings. The van der Waals surface area contributed by atoms with Crippen molar-refractivity contribution in [3.8, 4) is 5.75 Å². The fourth-order valence-corrected chi connectivity index (χ4v) is 3.48. The van der Waals surface area contributed by atoms with Gasteiger partial charge in [-0.25, -0.2) is 4.98 Å². The molecule has 6 N–H and O–H groups in total. The second-order valence-corrected chi connectivity index (χ2v) is 7.08. The van der Waals surface area contributed by atoms with Crippen LogP contribution < -0.4 is 15.8 Å². The molecular weight excluding hydrogens is 408 g/mol. The number of aliphatic hydroxyl groups is 3. The highest BCUT2D eigenvalue weighted by atomic mass is 16.6. The van der Waals surface area contributed by atoms with Crippen molar-refractivity contribution in [2.24, 2.45) is 0 Å². The molecule has 0 bridgehead atoms. The van der Waals surface area contributed by atoms with Crippen LogP contribution in [0.1, 0.15) is 23.5 Å². The molecule has 2 aromatic heterocycles. The minimum atomic E-state index is -1.30. The van der Waals surface area contributed by atoms with E-state index >= 15 is 0 Å². The number of fused-ring (bicyclic) bond motifs is 1. The van der Waals surface area contributed by atoms with Gasteiger partial charge in [0.15, 0.2) is 23.5 Å². The zero-order valence-corrected chi connectivity index (χ0v) is 16.8. The molecule has 164 valence electrons. The van der Waals surface area contributed by atoms with E-state index in [1.54, 1.807) is 18.2 Å². The molecule has 0 aliphatic carbocycles. The number of nitrogens with zero attached hydrogens (tertiary/aromatic N) is 4. The average molecular weight is 430 g/mol. The Bertz CT molecular complexity index is 1130. The lowest BCUT2D eigenvalue weighted by molar-refractivity contribution is -0.0511. The Balaban J connectivity index is 1.69. The number of aliphatic hydroxyl groups excluding tert-OH is 3. The van der Waals surface area contributed by atoms with Crippen molar-refractivity contribution >= 4 is 34.4 Å². The van der Waals surface area contributed by atoms with Crippen LogP contribution in [0.3, 0.4) is 0 Å². The van der Waals surface area contributed by atoms with Crippen LogP contribution in [0.5, 0.6) is 5.75 Å². The molecule has 2 unspecified atom stereocenters.